The van der Waals surface area contributed by atoms with E-state index in [1.54, 1.807) is 30.5 Å². The maximum atomic E-state index is 12.9. The molecule has 1 atom stereocenters. The maximum Gasteiger partial charge on any atom is 0.227 e. The Morgan fingerprint density at radius 1 is 1.30 bits per heavy atom. The van der Waals surface area contributed by atoms with Gasteiger partial charge in [0.25, 0.3) is 0 Å². The van der Waals surface area contributed by atoms with Crippen molar-refractivity contribution in [2.75, 3.05) is 39.6 Å². The minimum Gasteiger partial charge on any atom is -0.497 e. The molecule has 0 bridgehead atoms. The van der Waals surface area contributed by atoms with E-state index in [1.807, 2.05) is 24.3 Å². The van der Waals surface area contributed by atoms with Crippen LogP contribution in [0.1, 0.15) is 22.9 Å². The molecule has 174 valence electrons. The number of rotatable bonds is 5. The molecule has 3 aromatic rings. The van der Waals surface area contributed by atoms with Crippen LogP contribution in [-0.2, 0) is 26.7 Å². The number of benzene rings is 1. The number of nitrogens with one attached hydrogen (secondary N) is 1. The van der Waals surface area contributed by atoms with Crippen LogP contribution in [0.3, 0.4) is 0 Å². The first-order valence-corrected chi connectivity index (χ1v) is 12.5. The predicted molar refractivity (Wildman–Crippen MR) is 122 cm³/mol. The minimum atomic E-state index is -3.60. The monoisotopic (exact) mass is 470 g/mol. The van der Waals surface area contributed by atoms with Gasteiger partial charge in [-0.1, -0.05) is 6.07 Å². The number of carbonyl (C=O) groups is 1. The molecule has 1 spiro atoms. The van der Waals surface area contributed by atoms with E-state index in [9.17, 15) is 18.3 Å². The van der Waals surface area contributed by atoms with E-state index >= 15 is 0 Å². The van der Waals surface area contributed by atoms with Crippen molar-refractivity contribution in [3.63, 3.8) is 0 Å². The Labute approximate surface area is 192 Å². The number of hydrogen-bond acceptors (Lipinski definition) is 6. The van der Waals surface area contributed by atoms with Crippen LogP contribution in [0.5, 0.6) is 5.75 Å². The number of nitrogens with zero attached hydrogens (tertiary/aromatic N) is 3. The third-order valence-electron chi connectivity index (χ3n) is 6.72. The Morgan fingerprint density at radius 3 is 2.73 bits per heavy atom. The second-order valence-corrected chi connectivity index (χ2v) is 10.8. The maximum absolute atomic E-state index is 12.9. The van der Waals surface area contributed by atoms with E-state index in [4.69, 9.17) is 4.74 Å². The second kappa shape index (κ2) is 7.82. The highest BCUT2D eigenvalue weighted by atomic mass is 32.2. The number of pyridine rings is 1. The van der Waals surface area contributed by atoms with Crippen molar-refractivity contribution >= 4 is 26.8 Å². The van der Waals surface area contributed by atoms with E-state index in [-0.39, 0.29) is 25.5 Å². The van der Waals surface area contributed by atoms with E-state index < -0.39 is 21.5 Å². The molecule has 0 radical (unpaired) electrons. The molecule has 4 heterocycles. The summed E-state index contributed by atoms with van der Waals surface area (Å²) in [7, 11) is -2.01. The number of aromatic nitrogens is 2. The molecule has 1 amide bonds. The summed E-state index contributed by atoms with van der Waals surface area (Å²) in [5.74, 6) is 0.657. The predicted octanol–water partition coefficient (Wildman–Crippen LogP) is 1.20. The smallest absolute Gasteiger partial charge is 0.227 e. The van der Waals surface area contributed by atoms with Crippen LogP contribution in [0.15, 0.2) is 42.7 Å². The quantitative estimate of drug-likeness (QED) is 0.579. The Kier molecular flexibility index (Phi) is 5.19. The summed E-state index contributed by atoms with van der Waals surface area (Å²) < 4.78 is 32.0. The summed E-state index contributed by atoms with van der Waals surface area (Å²) in [5, 5.41) is 11.1. The Balaban J connectivity index is 1.54. The van der Waals surface area contributed by atoms with Gasteiger partial charge in [0, 0.05) is 60.1 Å². The third-order valence-corrected chi connectivity index (χ3v) is 7.96. The molecular weight excluding hydrogens is 444 g/mol. The molecule has 0 saturated carbocycles. The number of ether oxygens (including phenoxy) is 1. The standard InChI is InChI=1S/C23H26N4O5S/c1-32-16-5-6-17-18(9-16)25-22-19(11-28)27(33(2,30)31)14-23(21(17)22)12-26(13-23)20(29)8-15-4-3-7-24-10-15/h3-7,9-10,19,25,28H,8,11-14H2,1-2H3/t19-/m0/s1. The van der Waals surface area contributed by atoms with Crippen molar-refractivity contribution in [1.82, 2.24) is 19.2 Å². The largest absolute Gasteiger partial charge is 0.497 e. The Morgan fingerprint density at radius 2 is 2.09 bits per heavy atom. The molecule has 9 nitrogen and oxygen atoms in total. The number of carbonyl (C=O) groups excluding carboxylic acids is 1. The number of methoxy groups -OCH3 is 1. The molecule has 1 aromatic carbocycles. The second-order valence-electron chi connectivity index (χ2n) is 8.90. The minimum absolute atomic E-state index is 0.0214. The van der Waals surface area contributed by atoms with Crippen LogP contribution >= 0.6 is 0 Å². The number of likely N-dealkylation sites (tertiary alicyclic amines) is 1. The van der Waals surface area contributed by atoms with Gasteiger partial charge in [-0.05, 0) is 29.3 Å². The highest BCUT2D eigenvalue weighted by Crippen LogP contribution is 2.49. The van der Waals surface area contributed by atoms with Crippen LogP contribution in [0, 0.1) is 0 Å². The Hall–Kier alpha value is -2.95. The molecule has 2 aliphatic heterocycles. The molecule has 5 rings (SSSR count). The Bertz CT molecular complexity index is 1320. The highest BCUT2D eigenvalue weighted by molar-refractivity contribution is 7.88. The number of sulfonamides is 1. The van der Waals surface area contributed by atoms with Crippen molar-refractivity contribution in [2.45, 2.75) is 17.9 Å². The lowest BCUT2D eigenvalue weighted by Gasteiger charge is -2.55. The normalized spacial score (nSPS) is 20.0. The molecule has 1 saturated heterocycles. The van der Waals surface area contributed by atoms with Crippen molar-refractivity contribution in [3.8, 4) is 5.75 Å². The van der Waals surface area contributed by atoms with Gasteiger partial charge in [-0.3, -0.25) is 9.78 Å². The lowest BCUT2D eigenvalue weighted by molar-refractivity contribution is -0.139. The van der Waals surface area contributed by atoms with Gasteiger partial charge < -0.3 is 19.7 Å². The van der Waals surface area contributed by atoms with Gasteiger partial charge in [-0.25, -0.2) is 8.42 Å². The van der Waals surface area contributed by atoms with Crippen molar-refractivity contribution in [3.05, 3.63) is 59.5 Å². The first-order valence-electron chi connectivity index (χ1n) is 10.7. The van der Waals surface area contributed by atoms with Gasteiger partial charge in [0.1, 0.15) is 5.75 Å². The fraction of sp³-hybridized carbons (Fsp3) is 0.391. The number of aliphatic hydroxyl groups is 1. The van der Waals surface area contributed by atoms with Crippen LogP contribution in [-0.4, -0.2) is 78.2 Å². The van der Waals surface area contributed by atoms with E-state index in [0.29, 0.717) is 24.5 Å². The number of aliphatic hydroxyl groups excluding tert-OH is 1. The fourth-order valence-corrected chi connectivity index (χ4v) is 6.33. The number of H-pyrrole nitrogens is 1. The van der Waals surface area contributed by atoms with Crippen molar-refractivity contribution < 1.29 is 23.1 Å². The third kappa shape index (κ3) is 3.58. The zero-order chi connectivity index (χ0) is 23.4. The van der Waals surface area contributed by atoms with E-state index in [2.05, 4.69) is 9.97 Å². The number of amides is 1. The molecule has 1 fully saturated rings. The van der Waals surface area contributed by atoms with Gasteiger partial charge in [0.15, 0.2) is 0 Å². The number of hydrogen-bond donors (Lipinski definition) is 2. The SMILES string of the molecule is COc1ccc2c3c([nH]c2c1)[C@H](CO)N(S(C)(=O)=O)CC31CN(C(=O)Cc2cccnc2)C1. The van der Waals surface area contributed by atoms with Crippen LogP contribution < -0.4 is 4.74 Å². The highest BCUT2D eigenvalue weighted by Gasteiger charge is 2.55. The van der Waals surface area contributed by atoms with E-state index in [1.165, 1.54) is 4.31 Å². The number of aromatic amines is 1. The fourth-order valence-electron chi connectivity index (χ4n) is 5.22. The van der Waals surface area contributed by atoms with E-state index in [0.717, 1.165) is 28.3 Å². The molecule has 33 heavy (non-hydrogen) atoms. The summed E-state index contributed by atoms with van der Waals surface area (Å²) in [6, 6.07) is 8.64. The van der Waals surface area contributed by atoms with Crippen molar-refractivity contribution in [2.24, 2.45) is 0 Å². The first kappa shape index (κ1) is 21.9. The molecular formula is C23H26N4O5S. The summed E-state index contributed by atoms with van der Waals surface area (Å²) in [5.41, 5.74) is 2.75. The lowest BCUT2D eigenvalue weighted by Crippen LogP contribution is -2.68. The van der Waals surface area contributed by atoms with Gasteiger partial charge in [-0.2, -0.15) is 4.31 Å². The zero-order valence-corrected chi connectivity index (χ0v) is 19.3. The number of fused-ring (bicyclic) bond motifs is 4. The van der Waals surface area contributed by atoms with Crippen LogP contribution in [0.2, 0.25) is 0 Å². The molecule has 0 unspecified atom stereocenters. The summed E-state index contributed by atoms with van der Waals surface area (Å²) in [6.45, 7) is 0.675. The molecule has 2 N–H and O–H groups in total. The summed E-state index contributed by atoms with van der Waals surface area (Å²) in [4.78, 5) is 22.1. The zero-order valence-electron chi connectivity index (χ0n) is 18.5. The molecule has 2 aromatic heterocycles. The molecule has 10 heteroatoms. The first-order chi connectivity index (χ1) is 15.8. The van der Waals surface area contributed by atoms with Crippen LogP contribution in [0.4, 0.5) is 0 Å². The average Bonchev–Trinajstić information content (AvgIpc) is 3.15. The van der Waals surface area contributed by atoms with Gasteiger partial charge in [-0.15, -0.1) is 0 Å². The molecule has 0 aliphatic carbocycles. The van der Waals surface area contributed by atoms with Crippen LogP contribution in [0.25, 0.3) is 10.9 Å². The summed E-state index contributed by atoms with van der Waals surface area (Å²) in [6.07, 6.45) is 4.75. The molecule has 2 aliphatic rings. The lowest BCUT2D eigenvalue weighted by atomic mass is 9.69. The van der Waals surface area contributed by atoms with Gasteiger partial charge in [0.2, 0.25) is 15.9 Å². The van der Waals surface area contributed by atoms with Gasteiger partial charge >= 0.3 is 0 Å². The average molecular weight is 471 g/mol. The van der Waals surface area contributed by atoms with Gasteiger partial charge in [0.05, 0.1) is 32.4 Å². The summed E-state index contributed by atoms with van der Waals surface area (Å²) >= 11 is 0. The van der Waals surface area contributed by atoms with Crippen molar-refractivity contribution in [1.29, 1.82) is 0 Å². The topological polar surface area (TPSA) is 116 Å².